The van der Waals surface area contributed by atoms with Crippen LogP contribution < -0.4 is 14.2 Å². The maximum atomic E-state index is 10.0. The standard InChI is InChI=1S/C23H29NO4/c1-3-26-22-11-19-6-4-5-18(19)10-20(22)14-24(12-16(2)25)13-17-7-8-21-23(9-17)28-15-27-21/h7-11,16,25H,3-6,12-15H2,1-2H3/t16-/m1/s1. The van der Waals surface area contributed by atoms with Gasteiger partial charge in [-0.1, -0.05) is 12.1 Å². The lowest BCUT2D eigenvalue weighted by molar-refractivity contribution is 0.117. The molecule has 0 unspecified atom stereocenters. The van der Waals surface area contributed by atoms with Crippen LogP contribution in [-0.4, -0.2) is 36.1 Å². The molecular weight excluding hydrogens is 354 g/mol. The third kappa shape index (κ3) is 4.26. The number of fused-ring (bicyclic) bond motifs is 2. The number of aliphatic hydroxyl groups is 1. The minimum atomic E-state index is -0.404. The molecule has 2 aromatic rings. The van der Waals surface area contributed by atoms with Gasteiger partial charge >= 0.3 is 0 Å². The molecule has 0 aromatic heterocycles. The summed E-state index contributed by atoms with van der Waals surface area (Å²) in [5.41, 5.74) is 5.21. The van der Waals surface area contributed by atoms with E-state index >= 15 is 0 Å². The molecule has 0 bridgehead atoms. The topological polar surface area (TPSA) is 51.2 Å². The third-order valence-electron chi connectivity index (χ3n) is 5.33. The third-order valence-corrected chi connectivity index (χ3v) is 5.33. The Balaban J connectivity index is 1.56. The van der Waals surface area contributed by atoms with Crippen LogP contribution in [0.5, 0.6) is 17.2 Å². The Bertz CT molecular complexity index is 834. The molecule has 1 aliphatic carbocycles. The summed E-state index contributed by atoms with van der Waals surface area (Å²) in [6.45, 7) is 6.85. The molecule has 1 N–H and O–H groups in total. The van der Waals surface area contributed by atoms with Gasteiger partial charge in [0.15, 0.2) is 11.5 Å². The van der Waals surface area contributed by atoms with E-state index in [0.29, 0.717) is 13.2 Å². The number of ether oxygens (including phenoxy) is 3. The lowest BCUT2D eigenvalue weighted by Crippen LogP contribution is -2.30. The summed E-state index contributed by atoms with van der Waals surface area (Å²) in [4.78, 5) is 2.27. The summed E-state index contributed by atoms with van der Waals surface area (Å²) in [5.74, 6) is 2.56. The van der Waals surface area contributed by atoms with Gasteiger partial charge in [-0.2, -0.15) is 0 Å². The molecule has 5 heteroatoms. The van der Waals surface area contributed by atoms with Crippen molar-refractivity contribution < 1.29 is 19.3 Å². The van der Waals surface area contributed by atoms with Crippen LogP contribution >= 0.6 is 0 Å². The van der Waals surface area contributed by atoms with Crippen LogP contribution in [0.4, 0.5) is 0 Å². The lowest BCUT2D eigenvalue weighted by Gasteiger charge is -2.25. The quantitative estimate of drug-likeness (QED) is 0.754. The molecule has 2 aromatic carbocycles. The van der Waals surface area contributed by atoms with Gasteiger partial charge in [-0.05, 0) is 68.0 Å². The van der Waals surface area contributed by atoms with Crippen LogP contribution in [0.2, 0.25) is 0 Å². The number of hydrogen-bond donors (Lipinski definition) is 1. The Morgan fingerprint density at radius 3 is 2.64 bits per heavy atom. The van der Waals surface area contributed by atoms with E-state index in [4.69, 9.17) is 14.2 Å². The number of nitrogens with zero attached hydrogens (tertiary/aromatic N) is 1. The van der Waals surface area contributed by atoms with Crippen molar-refractivity contribution in [2.45, 2.75) is 52.3 Å². The van der Waals surface area contributed by atoms with Gasteiger partial charge in [0.2, 0.25) is 6.79 Å². The second-order valence-corrected chi connectivity index (χ2v) is 7.72. The summed E-state index contributed by atoms with van der Waals surface area (Å²) in [5, 5.41) is 10.0. The fourth-order valence-corrected chi connectivity index (χ4v) is 4.16. The summed E-state index contributed by atoms with van der Waals surface area (Å²) in [7, 11) is 0. The molecule has 0 amide bonds. The van der Waals surface area contributed by atoms with Crippen LogP contribution in [-0.2, 0) is 25.9 Å². The zero-order valence-electron chi connectivity index (χ0n) is 16.7. The average Bonchev–Trinajstić information content (AvgIpc) is 3.29. The molecule has 4 rings (SSSR count). The summed E-state index contributed by atoms with van der Waals surface area (Å²) >= 11 is 0. The summed E-state index contributed by atoms with van der Waals surface area (Å²) in [6, 6.07) is 10.6. The normalized spacial score (nSPS) is 15.7. The number of benzene rings is 2. The highest BCUT2D eigenvalue weighted by Gasteiger charge is 2.19. The molecular formula is C23H29NO4. The first-order valence-electron chi connectivity index (χ1n) is 10.2. The molecule has 0 fully saturated rings. The molecule has 5 nitrogen and oxygen atoms in total. The Morgan fingerprint density at radius 1 is 1.07 bits per heavy atom. The van der Waals surface area contributed by atoms with E-state index in [-0.39, 0.29) is 6.79 Å². The summed E-state index contributed by atoms with van der Waals surface area (Å²) in [6.07, 6.45) is 3.11. The minimum absolute atomic E-state index is 0.281. The summed E-state index contributed by atoms with van der Waals surface area (Å²) < 4.78 is 16.9. The number of rotatable bonds is 8. The molecule has 1 aliphatic heterocycles. The molecule has 150 valence electrons. The fourth-order valence-electron chi connectivity index (χ4n) is 4.16. The maximum absolute atomic E-state index is 10.0. The zero-order valence-corrected chi connectivity index (χ0v) is 16.7. The molecule has 28 heavy (non-hydrogen) atoms. The highest BCUT2D eigenvalue weighted by Crippen LogP contribution is 2.34. The van der Waals surface area contributed by atoms with Gasteiger partial charge in [0.25, 0.3) is 0 Å². The smallest absolute Gasteiger partial charge is 0.231 e. The van der Waals surface area contributed by atoms with Gasteiger partial charge in [0, 0.05) is 25.2 Å². The van der Waals surface area contributed by atoms with E-state index in [1.165, 1.54) is 23.1 Å². The average molecular weight is 383 g/mol. The van der Waals surface area contributed by atoms with E-state index < -0.39 is 6.10 Å². The lowest BCUT2D eigenvalue weighted by atomic mass is 10.0. The van der Waals surface area contributed by atoms with Crippen molar-refractivity contribution in [2.75, 3.05) is 19.9 Å². The Morgan fingerprint density at radius 2 is 1.86 bits per heavy atom. The van der Waals surface area contributed by atoms with Crippen LogP contribution in [0.3, 0.4) is 0 Å². The maximum Gasteiger partial charge on any atom is 0.231 e. The van der Waals surface area contributed by atoms with Gasteiger partial charge in [0.05, 0.1) is 12.7 Å². The molecule has 0 saturated heterocycles. The predicted molar refractivity (Wildman–Crippen MR) is 108 cm³/mol. The van der Waals surface area contributed by atoms with Crippen molar-refractivity contribution in [3.05, 3.63) is 52.6 Å². The molecule has 0 saturated carbocycles. The highest BCUT2D eigenvalue weighted by atomic mass is 16.7. The molecule has 0 spiro atoms. The Kier molecular flexibility index (Phi) is 5.74. The largest absolute Gasteiger partial charge is 0.494 e. The van der Waals surface area contributed by atoms with E-state index in [2.05, 4.69) is 23.1 Å². The van der Waals surface area contributed by atoms with Crippen molar-refractivity contribution in [3.8, 4) is 17.2 Å². The van der Waals surface area contributed by atoms with Crippen LogP contribution in [0.15, 0.2) is 30.3 Å². The van der Waals surface area contributed by atoms with Crippen LogP contribution in [0.25, 0.3) is 0 Å². The fraction of sp³-hybridized carbons (Fsp3) is 0.478. The molecule has 1 heterocycles. The van der Waals surface area contributed by atoms with Crippen molar-refractivity contribution in [2.24, 2.45) is 0 Å². The van der Waals surface area contributed by atoms with Crippen LogP contribution in [0, 0.1) is 0 Å². The highest BCUT2D eigenvalue weighted by molar-refractivity contribution is 5.46. The van der Waals surface area contributed by atoms with E-state index in [9.17, 15) is 5.11 Å². The van der Waals surface area contributed by atoms with E-state index in [0.717, 1.165) is 48.7 Å². The van der Waals surface area contributed by atoms with Gasteiger partial charge < -0.3 is 19.3 Å². The minimum Gasteiger partial charge on any atom is -0.494 e. The predicted octanol–water partition coefficient (Wildman–Crippen LogP) is 3.69. The number of aliphatic hydroxyl groups excluding tert-OH is 1. The van der Waals surface area contributed by atoms with Crippen molar-refractivity contribution in [1.29, 1.82) is 0 Å². The van der Waals surface area contributed by atoms with E-state index in [1.54, 1.807) is 0 Å². The first-order chi connectivity index (χ1) is 13.6. The monoisotopic (exact) mass is 383 g/mol. The molecule has 0 radical (unpaired) electrons. The van der Waals surface area contributed by atoms with Gasteiger partial charge in [0.1, 0.15) is 5.75 Å². The SMILES string of the molecule is CCOc1cc2c(cc1CN(Cc1ccc3c(c1)OCO3)C[C@@H](C)O)CCC2. The molecule has 1 atom stereocenters. The van der Waals surface area contributed by atoms with Gasteiger partial charge in [-0.15, -0.1) is 0 Å². The van der Waals surface area contributed by atoms with Crippen LogP contribution in [0.1, 0.15) is 42.5 Å². The first kappa shape index (κ1) is 19.1. The van der Waals surface area contributed by atoms with Gasteiger partial charge in [-0.3, -0.25) is 4.90 Å². The first-order valence-corrected chi connectivity index (χ1v) is 10.2. The second-order valence-electron chi connectivity index (χ2n) is 7.72. The van der Waals surface area contributed by atoms with Crippen molar-refractivity contribution in [3.63, 3.8) is 0 Å². The van der Waals surface area contributed by atoms with Crippen molar-refractivity contribution >= 4 is 0 Å². The number of aryl methyl sites for hydroxylation is 2. The second kappa shape index (κ2) is 8.41. The van der Waals surface area contributed by atoms with E-state index in [1.807, 2.05) is 26.0 Å². The Hall–Kier alpha value is -2.24. The van der Waals surface area contributed by atoms with Crippen molar-refractivity contribution in [1.82, 2.24) is 4.90 Å². The Labute approximate surface area is 166 Å². The van der Waals surface area contributed by atoms with Gasteiger partial charge in [-0.25, -0.2) is 0 Å². The zero-order chi connectivity index (χ0) is 19.5. The molecule has 2 aliphatic rings. The number of hydrogen-bond acceptors (Lipinski definition) is 5.